The SMILES string of the molecule is CCC1(C(=O)O)Cc2cc(Cl)c(N(C)CC(C)C)cc2OC1C(F)(F)F. The minimum atomic E-state index is -4.80. The summed E-state index contributed by atoms with van der Waals surface area (Å²) in [5, 5.41) is 9.90. The van der Waals surface area contributed by atoms with Crippen molar-refractivity contribution in [2.75, 3.05) is 18.5 Å². The van der Waals surface area contributed by atoms with Gasteiger partial charge < -0.3 is 14.7 Å². The Balaban J connectivity index is 2.53. The van der Waals surface area contributed by atoms with Crippen molar-refractivity contribution < 1.29 is 27.8 Å². The molecule has 4 nitrogen and oxygen atoms in total. The molecule has 1 heterocycles. The van der Waals surface area contributed by atoms with Crippen molar-refractivity contribution in [3.63, 3.8) is 0 Å². The zero-order valence-corrected chi connectivity index (χ0v) is 15.9. The fraction of sp³-hybridized carbons (Fsp3) is 0.611. The Kier molecular flexibility index (Phi) is 5.71. The molecule has 2 atom stereocenters. The molecule has 0 bridgehead atoms. The van der Waals surface area contributed by atoms with Crippen LogP contribution >= 0.6 is 11.6 Å². The minimum absolute atomic E-state index is 0.0349. The molecule has 1 aliphatic heterocycles. The van der Waals surface area contributed by atoms with E-state index in [0.717, 1.165) is 0 Å². The summed E-state index contributed by atoms with van der Waals surface area (Å²) >= 11 is 6.31. The van der Waals surface area contributed by atoms with E-state index in [1.807, 2.05) is 18.7 Å². The second-order valence-electron chi connectivity index (χ2n) is 7.22. The van der Waals surface area contributed by atoms with Gasteiger partial charge in [0.25, 0.3) is 0 Å². The van der Waals surface area contributed by atoms with Crippen LogP contribution in [0, 0.1) is 11.3 Å². The van der Waals surface area contributed by atoms with Crippen LogP contribution in [0.2, 0.25) is 5.02 Å². The Morgan fingerprint density at radius 1 is 1.46 bits per heavy atom. The summed E-state index contributed by atoms with van der Waals surface area (Å²) in [7, 11) is 1.80. The first-order chi connectivity index (χ1) is 11.9. The van der Waals surface area contributed by atoms with Gasteiger partial charge >= 0.3 is 12.1 Å². The number of anilines is 1. The molecule has 1 aromatic rings. The molecule has 1 aliphatic rings. The third-order valence-corrected chi connectivity index (χ3v) is 5.09. The average molecular weight is 394 g/mol. The molecule has 26 heavy (non-hydrogen) atoms. The highest BCUT2D eigenvalue weighted by Gasteiger charge is 2.61. The molecule has 0 amide bonds. The average Bonchev–Trinajstić information content (AvgIpc) is 2.50. The number of carbonyl (C=O) groups is 1. The predicted octanol–water partition coefficient (Wildman–Crippen LogP) is 4.78. The third kappa shape index (κ3) is 3.72. The molecule has 2 unspecified atom stereocenters. The van der Waals surface area contributed by atoms with Gasteiger partial charge in [0.05, 0.1) is 10.7 Å². The van der Waals surface area contributed by atoms with E-state index in [2.05, 4.69) is 0 Å². The number of halogens is 4. The first-order valence-corrected chi connectivity index (χ1v) is 8.80. The van der Waals surface area contributed by atoms with Crippen molar-refractivity contribution in [3.05, 3.63) is 22.7 Å². The van der Waals surface area contributed by atoms with Crippen LogP contribution in [0.5, 0.6) is 5.75 Å². The number of fused-ring (bicyclic) bond motifs is 1. The van der Waals surface area contributed by atoms with Gasteiger partial charge in [0.1, 0.15) is 11.2 Å². The van der Waals surface area contributed by atoms with E-state index >= 15 is 0 Å². The first-order valence-electron chi connectivity index (χ1n) is 8.42. The monoisotopic (exact) mass is 393 g/mol. The van der Waals surface area contributed by atoms with Crippen molar-refractivity contribution >= 4 is 23.3 Å². The number of carboxylic acid groups (broad SMARTS) is 1. The van der Waals surface area contributed by atoms with E-state index in [9.17, 15) is 23.1 Å². The molecule has 8 heteroatoms. The van der Waals surface area contributed by atoms with Gasteiger partial charge in [-0.25, -0.2) is 0 Å². The van der Waals surface area contributed by atoms with Crippen LogP contribution in [0.4, 0.5) is 18.9 Å². The number of ether oxygens (including phenoxy) is 1. The van der Waals surface area contributed by atoms with Crippen molar-refractivity contribution in [3.8, 4) is 5.75 Å². The van der Waals surface area contributed by atoms with Crippen molar-refractivity contribution in [2.24, 2.45) is 11.3 Å². The number of rotatable bonds is 5. The van der Waals surface area contributed by atoms with E-state index in [0.29, 0.717) is 28.7 Å². The Hall–Kier alpha value is -1.63. The van der Waals surface area contributed by atoms with Crippen LogP contribution in [-0.2, 0) is 11.2 Å². The number of carboxylic acids is 1. The Morgan fingerprint density at radius 2 is 2.08 bits per heavy atom. The van der Waals surface area contributed by atoms with E-state index in [1.165, 1.54) is 19.1 Å². The van der Waals surface area contributed by atoms with E-state index in [4.69, 9.17) is 16.3 Å². The molecule has 0 saturated carbocycles. The highest BCUT2D eigenvalue weighted by atomic mass is 35.5. The maximum Gasteiger partial charge on any atom is 0.426 e. The lowest BCUT2D eigenvalue weighted by atomic mass is 9.72. The Bertz CT molecular complexity index is 693. The van der Waals surface area contributed by atoms with Crippen LogP contribution in [-0.4, -0.2) is 36.9 Å². The largest absolute Gasteiger partial charge is 0.481 e. The zero-order chi connectivity index (χ0) is 19.9. The maximum absolute atomic E-state index is 13.6. The van der Waals surface area contributed by atoms with Gasteiger partial charge in [0.15, 0.2) is 0 Å². The summed E-state index contributed by atoms with van der Waals surface area (Å²) in [6.07, 6.45) is -7.70. The van der Waals surface area contributed by atoms with Gasteiger partial charge in [-0.2, -0.15) is 13.2 Å². The lowest BCUT2D eigenvalue weighted by Crippen LogP contribution is -2.56. The topological polar surface area (TPSA) is 49.8 Å². The van der Waals surface area contributed by atoms with Crippen LogP contribution in [0.3, 0.4) is 0 Å². The second kappa shape index (κ2) is 7.18. The lowest BCUT2D eigenvalue weighted by molar-refractivity contribution is -0.238. The molecule has 1 aromatic carbocycles. The minimum Gasteiger partial charge on any atom is -0.481 e. The second-order valence-corrected chi connectivity index (χ2v) is 7.62. The molecule has 1 N–H and O–H groups in total. The van der Waals surface area contributed by atoms with E-state index in [-0.39, 0.29) is 18.6 Å². The molecule has 0 aromatic heterocycles. The van der Waals surface area contributed by atoms with Crippen LogP contribution in [0.25, 0.3) is 0 Å². The summed E-state index contributed by atoms with van der Waals surface area (Å²) in [5.74, 6) is -1.16. The van der Waals surface area contributed by atoms with Crippen LogP contribution < -0.4 is 9.64 Å². The standard InChI is InChI=1S/C18H23ClF3NO3/c1-5-17(16(24)25)8-11-6-12(19)13(23(4)9-10(2)3)7-14(11)26-15(17)18(20,21)22/h6-7,10,15H,5,8-9H2,1-4H3,(H,24,25). The van der Waals surface area contributed by atoms with Gasteiger partial charge in [-0.3, -0.25) is 4.79 Å². The van der Waals surface area contributed by atoms with Gasteiger partial charge in [-0.1, -0.05) is 32.4 Å². The fourth-order valence-corrected chi connectivity index (χ4v) is 3.80. The van der Waals surface area contributed by atoms with Gasteiger partial charge in [0.2, 0.25) is 6.10 Å². The van der Waals surface area contributed by atoms with Gasteiger partial charge in [0, 0.05) is 19.7 Å². The molecule has 2 rings (SSSR count). The smallest absolute Gasteiger partial charge is 0.426 e. The van der Waals surface area contributed by atoms with Crippen molar-refractivity contribution in [1.29, 1.82) is 0 Å². The van der Waals surface area contributed by atoms with Crippen LogP contribution in [0.1, 0.15) is 32.8 Å². The van der Waals surface area contributed by atoms with Gasteiger partial charge in [-0.15, -0.1) is 0 Å². The van der Waals surface area contributed by atoms with Gasteiger partial charge in [-0.05, 0) is 30.4 Å². The number of benzene rings is 1. The number of hydrogen-bond donors (Lipinski definition) is 1. The summed E-state index contributed by atoms with van der Waals surface area (Å²) < 4.78 is 45.9. The number of aliphatic carboxylic acids is 1. The Morgan fingerprint density at radius 3 is 2.54 bits per heavy atom. The summed E-state index contributed by atoms with van der Waals surface area (Å²) in [4.78, 5) is 13.6. The van der Waals surface area contributed by atoms with E-state index < -0.39 is 23.7 Å². The molecular weight excluding hydrogens is 371 g/mol. The number of hydrogen-bond acceptors (Lipinski definition) is 3. The van der Waals surface area contributed by atoms with Crippen molar-refractivity contribution in [2.45, 2.75) is 45.9 Å². The summed E-state index contributed by atoms with van der Waals surface area (Å²) in [6.45, 7) is 6.12. The Labute approximate surface area is 155 Å². The fourth-order valence-electron chi connectivity index (χ4n) is 3.47. The maximum atomic E-state index is 13.6. The third-order valence-electron chi connectivity index (χ3n) is 4.79. The molecule has 146 valence electrons. The molecule has 0 spiro atoms. The highest BCUT2D eigenvalue weighted by molar-refractivity contribution is 6.33. The first kappa shape index (κ1) is 20.7. The zero-order valence-electron chi connectivity index (χ0n) is 15.2. The molecule has 0 saturated heterocycles. The molecular formula is C18H23ClF3NO3. The number of nitrogens with zero attached hydrogens (tertiary/aromatic N) is 1. The normalized spacial score (nSPS) is 22.7. The summed E-state index contributed by atoms with van der Waals surface area (Å²) in [5.41, 5.74) is -1.14. The van der Waals surface area contributed by atoms with Crippen molar-refractivity contribution in [1.82, 2.24) is 0 Å². The quantitative estimate of drug-likeness (QED) is 0.782. The summed E-state index contributed by atoms with van der Waals surface area (Å²) in [6, 6.07) is 2.99. The number of alkyl halides is 3. The molecule has 0 aliphatic carbocycles. The molecule has 0 fully saturated rings. The lowest BCUT2D eigenvalue weighted by Gasteiger charge is -2.42. The predicted molar refractivity (Wildman–Crippen MR) is 94.1 cm³/mol. The van der Waals surface area contributed by atoms with E-state index in [1.54, 1.807) is 7.05 Å². The van der Waals surface area contributed by atoms with Crippen LogP contribution in [0.15, 0.2) is 12.1 Å². The highest BCUT2D eigenvalue weighted by Crippen LogP contribution is 2.49. The molecule has 0 radical (unpaired) electrons.